The number of amides is 1. The first-order valence-electron chi connectivity index (χ1n) is 9.97. The van der Waals surface area contributed by atoms with Crippen molar-refractivity contribution < 1.29 is 18.0 Å². The average molecular weight is 513 g/mol. The molecule has 0 aliphatic carbocycles. The zero-order valence-corrected chi connectivity index (χ0v) is 19.4. The molecule has 2 N–H and O–H groups in total. The van der Waals surface area contributed by atoms with Gasteiger partial charge in [0.1, 0.15) is 11.6 Å². The van der Waals surface area contributed by atoms with Crippen LogP contribution < -0.4 is 10.6 Å². The number of rotatable bonds is 7. The zero-order valence-electron chi connectivity index (χ0n) is 17.9. The monoisotopic (exact) mass is 512 g/mol. The molecule has 0 saturated heterocycles. The molecule has 0 bridgehead atoms. The van der Waals surface area contributed by atoms with Gasteiger partial charge in [-0.15, -0.1) is 11.8 Å². The lowest BCUT2D eigenvalue weighted by Crippen LogP contribution is -2.17. The van der Waals surface area contributed by atoms with E-state index < -0.39 is 17.6 Å². The molecule has 0 aliphatic heterocycles. The molecule has 5 nitrogen and oxygen atoms in total. The third-order valence-electron chi connectivity index (χ3n) is 4.60. The van der Waals surface area contributed by atoms with Crippen molar-refractivity contribution in [2.75, 3.05) is 10.6 Å². The van der Waals surface area contributed by atoms with Gasteiger partial charge in [-0.05, 0) is 48.0 Å². The molecule has 10 heteroatoms. The van der Waals surface area contributed by atoms with Gasteiger partial charge >= 0.3 is 6.18 Å². The van der Waals surface area contributed by atoms with Gasteiger partial charge in [0.15, 0.2) is 0 Å². The van der Waals surface area contributed by atoms with Crippen molar-refractivity contribution >= 4 is 40.6 Å². The van der Waals surface area contributed by atoms with E-state index in [9.17, 15) is 23.2 Å². The molecule has 3 rings (SSSR count). The van der Waals surface area contributed by atoms with E-state index in [0.29, 0.717) is 22.0 Å². The number of nitrogens with one attached hydrogen (secondary N) is 2. The molecule has 0 fully saturated rings. The van der Waals surface area contributed by atoms with E-state index in [1.807, 2.05) is 12.1 Å². The molecule has 35 heavy (non-hydrogen) atoms. The maximum atomic E-state index is 13.0. The first-order valence-corrected chi connectivity index (χ1v) is 11.3. The summed E-state index contributed by atoms with van der Waals surface area (Å²) in [5, 5.41) is 24.6. The van der Waals surface area contributed by atoms with E-state index in [2.05, 4.69) is 10.6 Å². The minimum atomic E-state index is -4.58. The number of benzene rings is 3. The number of thioether (sulfide) groups is 1. The quantitative estimate of drug-likeness (QED) is 0.264. The number of para-hydroxylation sites is 1. The molecule has 1 amide bonds. The zero-order chi connectivity index (χ0) is 25.4. The van der Waals surface area contributed by atoms with Crippen LogP contribution in [-0.2, 0) is 16.7 Å². The number of carbonyl (C=O) groups excluding carboxylic acids is 1. The van der Waals surface area contributed by atoms with Crippen molar-refractivity contribution in [3.05, 3.63) is 105 Å². The molecule has 0 spiro atoms. The number of alkyl halides is 3. The molecule has 176 valence electrons. The maximum Gasteiger partial charge on any atom is 0.416 e. The number of carbonyl (C=O) groups is 1. The van der Waals surface area contributed by atoms with Crippen molar-refractivity contribution in [1.82, 2.24) is 0 Å². The van der Waals surface area contributed by atoms with Gasteiger partial charge in [-0.25, -0.2) is 0 Å². The van der Waals surface area contributed by atoms with Crippen LogP contribution >= 0.6 is 23.4 Å². The Morgan fingerprint density at radius 2 is 1.69 bits per heavy atom. The molecule has 0 aromatic heterocycles. The second kappa shape index (κ2) is 11.5. The van der Waals surface area contributed by atoms with Crippen LogP contribution in [0.1, 0.15) is 16.7 Å². The number of anilines is 2. The third-order valence-corrected chi connectivity index (χ3v) is 6.00. The van der Waals surface area contributed by atoms with Gasteiger partial charge in [0.05, 0.1) is 32.9 Å². The molecular formula is C25H16ClF3N4OS. The summed E-state index contributed by atoms with van der Waals surface area (Å²) < 4.78 is 39.1. The van der Waals surface area contributed by atoms with Gasteiger partial charge < -0.3 is 10.6 Å². The highest BCUT2D eigenvalue weighted by Crippen LogP contribution is 2.32. The summed E-state index contributed by atoms with van der Waals surface area (Å²) in [5.74, 6) is -0.547. The van der Waals surface area contributed by atoms with Gasteiger partial charge in [-0.2, -0.15) is 23.7 Å². The third kappa shape index (κ3) is 7.03. The highest BCUT2D eigenvalue weighted by molar-refractivity contribution is 8.02. The smallest absolute Gasteiger partial charge is 0.348 e. The Labute approximate surface area is 208 Å². The summed E-state index contributed by atoms with van der Waals surface area (Å²) in [7, 11) is 0. The molecule has 0 radical (unpaired) electrons. The molecule has 0 atom stereocenters. The number of nitriles is 2. The minimum absolute atomic E-state index is 0.105. The SMILES string of the molecule is N#C/C(C(=O)Nc1cccc(C(F)(F)F)c1)=C(/Nc1ccccc1Cl)SCc1ccc(C#N)cc1. The lowest BCUT2D eigenvalue weighted by molar-refractivity contribution is -0.137. The summed E-state index contributed by atoms with van der Waals surface area (Å²) in [6.07, 6.45) is -4.58. The van der Waals surface area contributed by atoms with Crippen LogP contribution in [0.2, 0.25) is 5.02 Å². The predicted molar refractivity (Wildman–Crippen MR) is 130 cm³/mol. The Morgan fingerprint density at radius 3 is 2.31 bits per heavy atom. The van der Waals surface area contributed by atoms with Crippen molar-refractivity contribution in [1.29, 1.82) is 10.5 Å². The van der Waals surface area contributed by atoms with Gasteiger partial charge in [-0.1, -0.05) is 41.9 Å². The van der Waals surface area contributed by atoms with Crippen LogP contribution in [0.3, 0.4) is 0 Å². The largest absolute Gasteiger partial charge is 0.416 e. The van der Waals surface area contributed by atoms with Crippen LogP contribution in [0.4, 0.5) is 24.5 Å². The first kappa shape index (κ1) is 25.7. The molecule has 0 aliphatic rings. The van der Waals surface area contributed by atoms with Gasteiger partial charge in [-0.3, -0.25) is 4.79 Å². The maximum absolute atomic E-state index is 13.0. The van der Waals surface area contributed by atoms with Crippen molar-refractivity contribution in [3.63, 3.8) is 0 Å². The lowest BCUT2D eigenvalue weighted by Gasteiger charge is -2.15. The van der Waals surface area contributed by atoms with Crippen molar-refractivity contribution in [3.8, 4) is 12.1 Å². The van der Waals surface area contributed by atoms with Crippen molar-refractivity contribution in [2.45, 2.75) is 11.9 Å². The van der Waals surface area contributed by atoms with E-state index in [1.54, 1.807) is 48.5 Å². The molecule has 0 heterocycles. The summed E-state index contributed by atoms with van der Waals surface area (Å²) >= 11 is 7.36. The van der Waals surface area contributed by atoms with E-state index >= 15 is 0 Å². The Hall–Kier alpha value is -3.92. The predicted octanol–water partition coefficient (Wildman–Crippen LogP) is 6.95. The van der Waals surface area contributed by atoms with E-state index in [-0.39, 0.29) is 16.3 Å². The summed E-state index contributed by atoms with van der Waals surface area (Å²) in [5.41, 5.74) is 0.385. The Morgan fingerprint density at radius 1 is 0.971 bits per heavy atom. The van der Waals surface area contributed by atoms with Gasteiger partial charge in [0.25, 0.3) is 5.91 Å². The second-order valence-electron chi connectivity index (χ2n) is 7.05. The van der Waals surface area contributed by atoms with E-state index in [0.717, 1.165) is 35.5 Å². The van der Waals surface area contributed by atoms with Gasteiger partial charge in [0, 0.05) is 11.4 Å². The van der Waals surface area contributed by atoms with Crippen LogP contribution in [0.25, 0.3) is 0 Å². The second-order valence-corrected chi connectivity index (χ2v) is 8.44. The highest BCUT2D eigenvalue weighted by Gasteiger charge is 2.30. The lowest BCUT2D eigenvalue weighted by atomic mass is 10.2. The number of halogens is 4. The van der Waals surface area contributed by atoms with Gasteiger partial charge in [0.2, 0.25) is 0 Å². The summed E-state index contributed by atoms with van der Waals surface area (Å²) in [6, 6.07) is 21.5. The van der Waals surface area contributed by atoms with Crippen LogP contribution in [-0.4, -0.2) is 5.91 Å². The van der Waals surface area contributed by atoms with E-state index in [1.165, 1.54) is 6.07 Å². The molecule has 0 unspecified atom stereocenters. The number of nitrogens with zero attached hydrogens (tertiary/aromatic N) is 2. The highest BCUT2D eigenvalue weighted by atomic mass is 35.5. The average Bonchev–Trinajstić information content (AvgIpc) is 2.84. The number of hydrogen-bond donors (Lipinski definition) is 2. The standard InChI is InChI=1S/C25H16ClF3N4OS/c26-21-6-1-2-7-22(21)33-24(35-15-17-10-8-16(13-30)9-11-17)20(14-31)23(34)32-19-5-3-4-18(12-19)25(27,28)29/h1-12,33H,15H2,(H,32,34)/b24-20+. The fourth-order valence-electron chi connectivity index (χ4n) is 2.86. The minimum Gasteiger partial charge on any atom is -0.348 e. The fourth-order valence-corrected chi connectivity index (χ4v) is 4.01. The summed E-state index contributed by atoms with van der Waals surface area (Å²) in [4.78, 5) is 12.9. The molecular weight excluding hydrogens is 497 g/mol. The van der Waals surface area contributed by atoms with Crippen LogP contribution in [0.15, 0.2) is 83.4 Å². The Kier molecular flexibility index (Phi) is 8.43. The molecule has 3 aromatic carbocycles. The molecule has 0 saturated carbocycles. The summed E-state index contributed by atoms with van der Waals surface area (Å²) in [6.45, 7) is 0. The fraction of sp³-hybridized carbons (Fsp3) is 0.0800. The number of hydrogen-bond acceptors (Lipinski definition) is 5. The normalized spacial score (nSPS) is 11.6. The first-order chi connectivity index (χ1) is 16.7. The van der Waals surface area contributed by atoms with Crippen LogP contribution in [0.5, 0.6) is 0 Å². The van der Waals surface area contributed by atoms with Crippen molar-refractivity contribution in [2.24, 2.45) is 0 Å². The Balaban J connectivity index is 1.92. The Bertz CT molecular complexity index is 1340. The van der Waals surface area contributed by atoms with E-state index in [4.69, 9.17) is 16.9 Å². The topological polar surface area (TPSA) is 88.7 Å². The van der Waals surface area contributed by atoms with Crippen LogP contribution in [0, 0.1) is 22.7 Å². The molecule has 3 aromatic rings.